The highest BCUT2D eigenvalue weighted by molar-refractivity contribution is 6.30. The number of para-hydroxylation sites is 2. The molecule has 1 aliphatic heterocycles. The van der Waals surface area contributed by atoms with E-state index in [4.69, 9.17) is 21.3 Å². The van der Waals surface area contributed by atoms with E-state index in [0.717, 1.165) is 36.1 Å². The molecule has 0 radical (unpaired) electrons. The number of nitrogens with zero attached hydrogens (tertiary/aromatic N) is 3. The topological polar surface area (TPSA) is 30.3 Å². The average Bonchev–Trinajstić information content (AvgIpc) is 3.07. The number of imidazole rings is 1. The molecule has 2 aromatic carbocycles. The molecule has 4 nitrogen and oxygen atoms in total. The van der Waals surface area contributed by atoms with Gasteiger partial charge in [-0.05, 0) is 75.7 Å². The summed E-state index contributed by atoms with van der Waals surface area (Å²) in [5, 5.41) is 0.715. The number of piperidine rings is 1. The number of benzene rings is 2. The number of aromatic nitrogens is 2. The van der Waals surface area contributed by atoms with Crippen LogP contribution in [0.2, 0.25) is 5.02 Å². The van der Waals surface area contributed by atoms with Crippen LogP contribution in [0.5, 0.6) is 5.75 Å². The molecule has 1 atom stereocenters. The lowest BCUT2D eigenvalue weighted by Crippen LogP contribution is -2.36. The van der Waals surface area contributed by atoms with Gasteiger partial charge >= 0.3 is 0 Å². The number of hydrogen-bond donors (Lipinski definition) is 0. The number of rotatable bonds is 7. The van der Waals surface area contributed by atoms with Crippen molar-refractivity contribution in [3.8, 4) is 5.75 Å². The average molecular weight is 398 g/mol. The Hall–Kier alpha value is -2.04. The molecule has 5 heteroatoms. The Balaban J connectivity index is 1.46. The molecule has 148 valence electrons. The van der Waals surface area contributed by atoms with Gasteiger partial charge in [0.05, 0.1) is 11.0 Å². The van der Waals surface area contributed by atoms with Crippen LogP contribution in [0.1, 0.15) is 37.9 Å². The zero-order chi connectivity index (χ0) is 19.3. The number of aryl methyl sites for hydroxylation is 1. The van der Waals surface area contributed by atoms with Gasteiger partial charge in [0.2, 0.25) is 0 Å². The third kappa shape index (κ3) is 4.50. The van der Waals surface area contributed by atoms with Gasteiger partial charge in [0.15, 0.2) is 0 Å². The van der Waals surface area contributed by atoms with E-state index in [9.17, 15) is 0 Å². The van der Waals surface area contributed by atoms with E-state index in [1.165, 1.54) is 37.7 Å². The molecule has 0 aliphatic carbocycles. The lowest BCUT2D eigenvalue weighted by atomic mass is 9.99. The van der Waals surface area contributed by atoms with E-state index in [1.54, 1.807) is 0 Å². The molecule has 1 unspecified atom stereocenters. The molecular weight excluding hydrogens is 370 g/mol. The van der Waals surface area contributed by atoms with Crippen LogP contribution < -0.4 is 4.74 Å². The number of ether oxygens (including phenoxy) is 1. The summed E-state index contributed by atoms with van der Waals surface area (Å²) in [5.41, 5.74) is 2.22. The highest BCUT2D eigenvalue weighted by Crippen LogP contribution is 2.23. The predicted octanol–water partition coefficient (Wildman–Crippen LogP) is 5.53. The van der Waals surface area contributed by atoms with Crippen LogP contribution in [-0.2, 0) is 13.2 Å². The van der Waals surface area contributed by atoms with Crippen LogP contribution in [0.3, 0.4) is 0 Å². The molecule has 1 aromatic heterocycles. The third-order valence-corrected chi connectivity index (χ3v) is 6.01. The lowest BCUT2D eigenvalue weighted by Gasteiger charge is -2.32. The van der Waals surface area contributed by atoms with Crippen molar-refractivity contribution >= 4 is 22.6 Å². The van der Waals surface area contributed by atoms with Crippen molar-refractivity contribution in [2.45, 2.75) is 51.3 Å². The van der Waals surface area contributed by atoms with Gasteiger partial charge in [0, 0.05) is 17.6 Å². The van der Waals surface area contributed by atoms with Gasteiger partial charge in [-0.25, -0.2) is 4.98 Å². The second kappa shape index (κ2) is 8.97. The maximum atomic E-state index is 5.98. The second-order valence-electron chi connectivity index (χ2n) is 7.68. The Morgan fingerprint density at radius 3 is 2.75 bits per heavy atom. The van der Waals surface area contributed by atoms with Gasteiger partial charge in [0.1, 0.15) is 18.2 Å². The summed E-state index contributed by atoms with van der Waals surface area (Å²) in [6.07, 6.45) is 6.42. The summed E-state index contributed by atoms with van der Waals surface area (Å²) in [7, 11) is 2.27. The SMILES string of the molecule is CN1CCCCC1CCCn1c(COc2ccc(Cl)cc2)nc2ccccc21. The van der Waals surface area contributed by atoms with E-state index in [2.05, 4.69) is 34.7 Å². The van der Waals surface area contributed by atoms with Crippen molar-refractivity contribution in [3.05, 3.63) is 59.4 Å². The van der Waals surface area contributed by atoms with Crippen LogP contribution in [-0.4, -0.2) is 34.1 Å². The van der Waals surface area contributed by atoms with E-state index in [0.29, 0.717) is 11.6 Å². The standard InChI is InChI=1S/C23H28ClN3O/c1-26-15-5-4-7-19(26)8-6-16-27-22-10-3-2-9-21(22)25-23(27)17-28-20-13-11-18(24)12-14-20/h2-3,9-14,19H,4-8,15-17H2,1H3. The summed E-state index contributed by atoms with van der Waals surface area (Å²) in [4.78, 5) is 7.36. The molecule has 3 aromatic rings. The first-order valence-corrected chi connectivity index (χ1v) is 10.6. The molecule has 0 amide bonds. The van der Waals surface area contributed by atoms with Crippen molar-refractivity contribution < 1.29 is 4.74 Å². The summed E-state index contributed by atoms with van der Waals surface area (Å²) >= 11 is 5.96. The number of halogens is 1. The fourth-order valence-corrected chi connectivity index (χ4v) is 4.28. The van der Waals surface area contributed by atoms with Crippen LogP contribution in [0.25, 0.3) is 11.0 Å². The molecule has 0 spiro atoms. The Labute approximate surface area is 172 Å². The first-order chi connectivity index (χ1) is 13.7. The van der Waals surface area contributed by atoms with E-state index in [1.807, 2.05) is 30.3 Å². The second-order valence-corrected chi connectivity index (χ2v) is 8.12. The quantitative estimate of drug-likeness (QED) is 0.524. The van der Waals surface area contributed by atoms with E-state index in [-0.39, 0.29) is 0 Å². The van der Waals surface area contributed by atoms with E-state index < -0.39 is 0 Å². The van der Waals surface area contributed by atoms with Gasteiger partial charge in [-0.2, -0.15) is 0 Å². The van der Waals surface area contributed by atoms with Crippen LogP contribution in [0, 0.1) is 0 Å². The molecule has 0 bridgehead atoms. The molecule has 4 rings (SSSR count). The zero-order valence-electron chi connectivity index (χ0n) is 16.5. The van der Waals surface area contributed by atoms with Crippen molar-refractivity contribution in [2.75, 3.05) is 13.6 Å². The Morgan fingerprint density at radius 2 is 1.93 bits per heavy atom. The van der Waals surface area contributed by atoms with Crippen LogP contribution in [0.4, 0.5) is 0 Å². The maximum Gasteiger partial charge on any atom is 0.147 e. The maximum absolute atomic E-state index is 5.98. The Bertz CT molecular complexity index is 906. The largest absolute Gasteiger partial charge is 0.486 e. The Kier molecular flexibility index (Phi) is 6.18. The first-order valence-electron chi connectivity index (χ1n) is 10.2. The van der Waals surface area contributed by atoms with Crippen molar-refractivity contribution in [2.24, 2.45) is 0 Å². The molecular formula is C23H28ClN3O. The molecule has 1 aliphatic rings. The molecule has 28 heavy (non-hydrogen) atoms. The summed E-state index contributed by atoms with van der Waals surface area (Å²) in [5.74, 6) is 1.79. The summed E-state index contributed by atoms with van der Waals surface area (Å²) in [6.45, 7) is 2.67. The van der Waals surface area contributed by atoms with E-state index >= 15 is 0 Å². The minimum Gasteiger partial charge on any atom is -0.486 e. The number of hydrogen-bond acceptors (Lipinski definition) is 3. The van der Waals surface area contributed by atoms with Crippen molar-refractivity contribution in [1.82, 2.24) is 14.5 Å². The van der Waals surface area contributed by atoms with Gasteiger partial charge in [-0.3, -0.25) is 0 Å². The summed E-state index contributed by atoms with van der Waals surface area (Å²) in [6, 6.07) is 16.6. The van der Waals surface area contributed by atoms with Crippen molar-refractivity contribution in [1.29, 1.82) is 0 Å². The highest BCUT2D eigenvalue weighted by atomic mass is 35.5. The minimum absolute atomic E-state index is 0.458. The van der Waals surface area contributed by atoms with Gasteiger partial charge in [-0.1, -0.05) is 30.2 Å². The summed E-state index contributed by atoms with van der Waals surface area (Å²) < 4.78 is 8.31. The lowest BCUT2D eigenvalue weighted by molar-refractivity contribution is 0.172. The fourth-order valence-electron chi connectivity index (χ4n) is 4.16. The van der Waals surface area contributed by atoms with Gasteiger partial charge in [0.25, 0.3) is 0 Å². The highest BCUT2D eigenvalue weighted by Gasteiger charge is 2.19. The Morgan fingerprint density at radius 1 is 1.11 bits per heavy atom. The molecule has 1 saturated heterocycles. The molecule has 0 N–H and O–H groups in total. The van der Waals surface area contributed by atoms with Gasteiger partial charge in [-0.15, -0.1) is 0 Å². The third-order valence-electron chi connectivity index (χ3n) is 5.76. The fraction of sp³-hybridized carbons (Fsp3) is 0.435. The number of fused-ring (bicyclic) bond motifs is 1. The molecule has 2 heterocycles. The van der Waals surface area contributed by atoms with Gasteiger partial charge < -0.3 is 14.2 Å². The monoisotopic (exact) mass is 397 g/mol. The van der Waals surface area contributed by atoms with Crippen molar-refractivity contribution in [3.63, 3.8) is 0 Å². The number of likely N-dealkylation sites (tertiary alicyclic amines) is 1. The normalized spacial score (nSPS) is 17.9. The zero-order valence-corrected chi connectivity index (χ0v) is 17.2. The van der Waals surface area contributed by atoms with Crippen LogP contribution in [0.15, 0.2) is 48.5 Å². The smallest absolute Gasteiger partial charge is 0.147 e. The predicted molar refractivity (Wildman–Crippen MR) is 115 cm³/mol. The molecule has 1 fully saturated rings. The molecule has 0 saturated carbocycles. The minimum atomic E-state index is 0.458. The van der Waals surface area contributed by atoms with Crippen LogP contribution >= 0.6 is 11.6 Å². The first kappa shape index (κ1) is 19.3.